The number of hydrogen-bond acceptors (Lipinski definition) is 4. The first-order valence-electron chi connectivity index (χ1n) is 6.96. The van der Waals surface area contributed by atoms with E-state index < -0.39 is 0 Å². The highest BCUT2D eigenvalue weighted by atomic mass is 32.1. The van der Waals surface area contributed by atoms with Crippen molar-refractivity contribution in [2.24, 2.45) is 0 Å². The van der Waals surface area contributed by atoms with Crippen molar-refractivity contribution in [2.75, 3.05) is 26.2 Å². The van der Waals surface area contributed by atoms with E-state index >= 15 is 0 Å². The van der Waals surface area contributed by atoms with Crippen LogP contribution < -0.4 is 5.32 Å². The molecule has 2 rings (SSSR count). The first-order chi connectivity index (χ1) is 10.2. The van der Waals surface area contributed by atoms with Crippen LogP contribution in [0.3, 0.4) is 0 Å². The lowest BCUT2D eigenvalue weighted by atomic mass is 10.3. The molecular formula is C15H18N2O3S. The monoisotopic (exact) mass is 306 g/mol. The topological polar surface area (TPSA) is 69.6 Å². The molecule has 0 aliphatic carbocycles. The number of hydrogen-bond donors (Lipinski definition) is 2. The van der Waals surface area contributed by atoms with Crippen LogP contribution >= 0.6 is 11.3 Å². The number of carbonyl (C=O) groups excluding carboxylic acids is 2. The highest BCUT2D eigenvalue weighted by Gasteiger charge is 2.17. The van der Waals surface area contributed by atoms with Gasteiger partial charge in [-0.1, -0.05) is 11.8 Å². The number of nitrogens with one attached hydrogen (secondary N) is 1. The molecule has 112 valence electrons. The van der Waals surface area contributed by atoms with E-state index in [4.69, 9.17) is 5.11 Å². The third-order valence-electron chi connectivity index (χ3n) is 3.20. The van der Waals surface area contributed by atoms with Gasteiger partial charge in [0, 0.05) is 26.1 Å². The van der Waals surface area contributed by atoms with Gasteiger partial charge in [0.25, 0.3) is 5.91 Å². The van der Waals surface area contributed by atoms with Gasteiger partial charge >= 0.3 is 0 Å². The molecule has 2 amide bonds. The number of amides is 2. The van der Waals surface area contributed by atoms with Crippen molar-refractivity contribution in [3.63, 3.8) is 0 Å². The molecule has 0 atom stereocenters. The van der Waals surface area contributed by atoms with E-state index in [0.717, 1.165) is 30.8 Å². The second kappa shape index (κ2) is 7.81. The van der Waals surface area contributed by atoms with Crippen molar-refractivity contribution in [3.05, 3.63) is 21.9 Å². The summed E-state index contributed by atoms with van der Waals surface area (Å²) in [6.45, 7) is 1.83. The van der Waals surface area contributed by atoms with E-state index in [0.29, 0.717) is 17.8 Å². The Hall–Kier alpha value is -1.84. The first kappa shape index (κ1) is 15.5. The van der Waals surface area contributed by atoms with E-state index in [1.807, 2.05) is 4.90 Å². The van der Waals surface area contributed by atoms with E-state index in [-0.39, 0.29) is 18.4 Å². The molecule has 0 spiro atoms. The number of rotatable bonds is 4. The van der Waals surface area contributed by atoms with Gasteiger partial charge in [0.15, 0.2) is 0 Å². The van der Waals surface area contributed by atoms with Crippen molar-refractivity contribution in [2.45, 2.75) is 19.3 Å². The summed E-state index contributed by atoms with van der Waals surface area (Å²) in [5.41, 5.74) is 0. The summed E-state index contributed by atoms with van der Waals surface area (Å²) >= 11 is 1.27. The van der Waals surface area contributed by atoms with Crippen LogP contribution in [0.25, 0.3) is 0 Å². The molecule has 1 aromatic rings. The van der Waals surface area contributed by atoms with Crippen LogP contribution in [0, 0.1) is 11.8 Å². The van der Waals surface area contributed by atoms with E-state index in [9.17, 15) is 9.59 Å². The third kappa shape index (κ3) is 4.59. The van der Waals surface area contributed by atoms with Gasteiger partial charge in [-0.3, -0.25) is 9.59 Å². The predicted molar refractivity (Wildman–Crippen MR) is 81.0 cm³/mol. The molecule has 0 saturated carbocycles. The molecule has 0 unspecified atom stereocenters. The second-order valence-corrected chi connectivity index (χ2v) is 5.80. The molecule has 6 heteroatoms. The predicted octanol–water partition coefficient (Wildman–Crippen LogP) is 0.834. The zero-order valence-electron chi connectivity index (χ0n) is 11.7. The SMILES string of the molecule is O=C(NCCC(=O)N1CCCC1)c1ccc(C#CCO)s1. The fourth-order valence-corrected chi connectivity index (χ4v) is 2.95. The maximum Gasteiger partial charge on any atom is 0.261 e. The molecule has 2 N–H and O–H groups in total. The molecular weight excluding hydrogens is 288 g/mol. The molecule has 1 aliphatic rings. The van der Waals surface area contributed by atoms with Crippen molar-refractivity contribution in [1.82, 2.24) is 10.2 Å². The van der Waals surface area contributed by atoms with Crippen LogP contribution in [-0.4, -0.2) is 48.1 Å². The van der Waals surface area contributed by atoms with Gasteiger partial charge in [-0.05, 0) is 25.0 Å². The Balaban J connectivity index is 1.76. The zero-order chi connectivity index (χ0) is 15.1. The smallest absolute Gasteiger partial charge is 0.261 e. The maximum atomic E-state index is 11.9. The van der Waals surface area contributed by atoms with Crippen LogP contribution in [0.4, 0.5) is 0 Å². The quantitative estimate of drug-likeness (QED) is 0.810. The fourth-order valence-electron chi connectivity index (χ4n) is 2.15. The van der Waals surface area contributed by atoms with Crippen LogP contribution in [0.2, 0.25) is 0 Å². The average molecular weight is 306 g/mol. The van der Waals surface area contributed by atoms with Crippen molar-refractivity contribution < 1.29 is 14.7 Å². The number of carbonyl (C=O) groups is 2. The average Bonchev–Trinajstić information content (AvgIpc) is 3.16. The lowest BCUT2D eigenvalue weighted by Gasteiger charge is -2.14. The molecule has 21 heavy (non-hydrogen) atoms. The first-order valence-corrected chi connectivity index (χ1v) is 7.78. The Morgan fingerprint density at radius 1 is 1.33 bits per heavy atom. The summed E-state index contributed by atoms with van der Waals surface area (Å²) in [5.74, 6) is 5.22. The standard InChI is InChI=1S/C15H18N2O3S/c18-11-3-4-12-5-6-13(21-12)15(20)16-8-7-14(19)17-9-1-2-10-17/h5-6,18H,1-2,7-11H2,(H,16,20). The molecule has 0 aromatic carbocycles. The minimum Gasteiger partial charge on any atom is -0.384 e. The highest BCUT2D eigenvalue weighted by molar-refractivity contribution is 7.14. The van der Waals surface area contributed by atoms with E-state index in [2.05, 4.69) is 17.2 Å². The molecule has 1 fully saturated rings. The van der Waals surface area contributed by atoms with Crippen LogP contribution in [0.1, 0.15) is 33.8 Å². The molecule has 5 nitrogen and oxygen atoms in total. The highest BCUT2D eigenvalue weighted by Crippen LogP contribution is 2.15. The molecule has 1 aliphatic heterocycles. The molecule has 0 radical (unpaired) electrons. The fraction of sp³-hybridized carbons (Fsp3) is 0.467. The summed E-state index contributed by atoms with van der Waals surface area (Å²) in [7, 11) is 0. The summed E-state index contributed by atoms with van der Waals surface area (Å²) in [5, 5.41) is 11.4. The Morgan fingerprint density at radius 2 is 2.10 bits per heavy atom. The van der Waals surface area contributed by atoms with E-state index in [1.165, 1.54) is 11.3 Å². The molecule has 2 heterocycles. The van der Waals surface area contributed by atoms with Gasteiger partial charge in [0.05, 0.1) is 9.75 Å². The second-order valence-electron chi connectivity index (χ2n) is 4.72. The summed E-state index contributed by atoms with van der Waals surface area (Å²) in [6, 6.07) is 3.45. The number of nitrogens with zero attached hydrogens (tertiary/aromatic N) is 1. The number of likely N-dealkylation sites (tertiary alicyclic amines) is 1. The Kier molecular flexibility index (Phi) is 5.78. The third-order valence-corrected chi connectivity index (χ3v) is 4.20. The Bertz CT molecular complexity index is 565. The molecule has 0 bridgehead atoms. The number of thiophene rings is 1. The van der Waals surface area contributed by atoms with Crippen LogP contribution in [0.5, 0.6) is 0 Å². The zero-order valence-corrected chi connectivity index (χ0v) is 12.5. The summed E-state index contributed by atoms with van der Waals surface area (Å²) in [4.78, 5) is 26.9. The summed E-state index contributed by atoms with van der Waals surface area (Å²) in [6.07, 6.45) is 2.49. The van der Waals surface area contributed by atoms with Gasteiger partial charge in [-0.25, -0.2) is 0 Å². The Labute approximate surface area is 128 Å². The molecule has 1 saturated heterocycles. The van der Waals surface area contributed by atoms with Crippen molar-refractivity contribution in [3.8, 4) is 11.8 Å². The van der Waals surface area contributed by atoms with Gasteiger partial charge in [0.2, 0.25) is 5.91 Å². The minimum absolute atomic E-state index is 0.105. The number of aliphatic hydroxyl groups excluding tert-OH is 1. The lowest BCUT2D eigenvalue weighted by molar-refractivity contribution is -0.129. The summed E-state index contributed by atoms with van der Waals surface area (Å²) < 4.78 is 0. The molecule has 1 aromatic heterocycles. The van der Waals surface area contributed by atoms with Crippen LogP contribution in [-0.2, 0) is 4.79 Å². The van der Waals surface area contributed by atoms with Crippen LogP contribution in [0.15, 0.2) is 12.1 Å². The normalized spacial score (nSPS) is 13.7. The Morgan fingerprint density at radius 3 is 2.81 bits per heavy atom. The van der Waals surface area contributed by atoms with Crippen molar-refractivity contribution >= 4 is 23.2 Å². The van der Waals surface area contributed by atoms with Gasteiger partial charge < -0.3 is 15.3 Å². The van der Waals surface area contributed by atoms with E-state index in [1.54, 1.807) is 12.1 Å². The van der Waals surface area contributed by atoms with Gasteiger partial charge in [-0.2, -0.15) is 0 Å². The number of aliphatic hydroxyl groups is 1. The van der Waals surface area contributed by atoms with Gasteiger partial charge in [-0.15, -0.1) is 11.3 Å². The lowest BCUT2D eigenvalue weighted by Crippen LogP contribution is -2.32. The van der Waals surface area contributed by atoms with Gasteiger partial charge in [0.1, 0.15) is 6.61 Å². The maximum absolute atomic E-state index is 11.9. The van der Waals surface area contributed by atoms with Crippen molar-refractivity contribution in [1.29, 1.82) is 0 Å². The minimum atomic E-state index is -0.196. The largest absolute Gasteiger partial charge is 0.384 e.